The summed E-state index contributed by atoms with van der Waals surface area (Å²) in [5, 5.41) is 12.8. The minimum atomic E-state index is -0.897. The normalized spacial score (nSPS) is 20.4. The first-order chi connectivity index (χ1) is 16.4. The van der Waals surface area contributed by atoms with Crippen molar-refractivity contribution in [2.75, 3.05) is 11.6 Å². The molecule has 1 aromatic carbocycles. The van der Waals surface area contributed by atoms with Gasteiger partial charge in [-0.05, 0) is 50.2 Å². The Morgan fingerprint density at radius 3 is 2.53 bits per heavy atom. The van der Waals surface area contributed by atoms with Crippen LogP contribution in [0, 0.1) is 11.6 Å². The van der Waals surface area contributed by atoms with E-state index < -0.39 is 28.6 Å². The van der Waals surface area contributed by atoms with Crippen LogP contribution >= 0.6 is 0 Å². The predicted molar refractivity (Wildman–Crippen MR) is 121 cm³/mol. The number of pyridine rings is 1. The fourth-order valence-electron chi connectivity index (χ4n) is 5.58. The molecule has 0 unspecified atom stereocenters. The topological polar surface area (TPSA) is 82.8 Å². The molecule has 1 N–H and O–H groups in total. The number of piperidine rings is 1. The van der Waals surface area contributed by atoms with Crippen molar-refractivity contribution < 1.29 is 23.5 Å². The summed E-state index contributed by atoms with van der Waals surface area (Å²) in [5.41, 5.74) is -1.08. The lowest BCUT2D eigenvalue weighted by molar-refractivity contribution is 0.0388. The van der Waals surface area contributed by atoms with Gasteiger partial charge in [-0.25, -0.2) is 8.78 Å². The van der Waals surface area contributed by atoms with Crippen LogP contribution in [-0.4, -0.2) is 45.1 Å². The molecule has 5 rings (SSSR count). The Kier molecular flexibility index (Phi) is 5.87. The van der Waals surface area contributed by atoms with E-state index in [1.54, 1.807) is 0 Å². The number of Topliss-reactive ketones (excluding diaryl/α,β-unsaturated/α-hetero) is 1. The van der Waals surface area contributed by atoms with E-state index in [9.17, 15) is 28.3 Å². The molecule has 1 aliphatic carbocycles. The molecule has 3 heterocycles. The number of aromatic hydroxyl groups is 1. The zero-order chi connectivity index (χ0) is 24.0. The molecule has 1 saturated carbocycles. The number of benzene rings is 1. The molecule has 2 aliphatic heterocycles. The Hall–Kier alpha value is -3.23. The lowest BCUT2D eigenvalue weighted by Gasteiger charge is -2.51. The van der Waals surface area contributed by atoms with Crippen LogP contribution in [0.15, 0.2) is 29.2 Å². The highest BCUT2D eigenvalue weighted by molar-refractivity contribution is 6.00. The molecular formula is C25H27F2N3O4. The Bertz CT molecular complexity index is 1210. The average Bonchev–Trinajstić information content (AvgIpc) is 3.34. The number of carbonyl (C=O) groups excluding carboxylic acids is 2. The molecule has 1 atom stereocenters. The van der Waals surface area contributed by atoms with E-state index in [4.69, 9.17) is 0 Å². The third-order valence-electron chi connectivity index (χ3n) is 7.30. The first kappa shape index (κ1) is 22.6. The average molecular weight is 472 g/mol. The fraction of sp³-hybridized carbons (Fsp3) is 0.480. The molecule has 1 amide bonds. The smallest absolute Gasteiger partial charge is 0.278 e. The van der Waals surface area contributed by atoms with Crippen molar-refractivity contribution in [1.82, 2.24) is 9.58 Å². The van der Waals surface area contributed by atoms with Crippen LogP contribution in [0.2, 0.25) is 0 Å². The molecule has 0 spiro atoms. The molecule has 3 aliphatic rings. The van der Waals surface area contributed by atoms with Crippen LogP contribution in [0.4, 0.5) is 8.78 Å². The monoisotopic (exact) mass is 471 g/mol. The van der Waals surface area contributed by atoms with Gasteiger partial charge in [-0.15, -0.1) is 0 Å². The third kappa shape index (κ3) is 3.76. The number of halogens is 2. The van der Waals surface area contributed by atoms with Gasteiger partial charge in [0.2, 0.25) is 5.43 Å². The molecule has 2 fully saturated rings. The lowest BCUT2D eigenvalue weighted by Crippen LogP contribution is -2.65. The summed E-state index contributed by atoms with van der Waals surface area (Å²) in [5.74, 6) is -3.14. The van der Waals surface area contributed by atoms with Gasteiger partial charge >= 0.3 is 0 Å². The molecule has 9 heteroatoms. The summed E-state index contributed by atoms with van der Waals surface area (Å²) in [6, 6.07) is 3.20. The number of aromatic nitrogens is 1. The van der Waals surface area contributed by atoms with Gasteiger partial charge in [0.1, 0.15) is 17.8 Å². The fourth-order valence-corrected chi connectivity index (χ4v) is 5.58. The second-order valence-corrected chi connectivity index (χ2v) is 9.36. The van der Waals surface area contributed by atoms with Gasteiger partial charge in [0.05, 0.1) is 5.56 Å². The molecule has 180 valence electrons. The third-order valence-corrected chi connectivity index (χ3v) is 7.30. The highest BCUT2D eigenvalue weighted by Gasteiger charge is 2.44. The second kappa shape index (κ2) is 8.85. The van der Waals surface area contributed by atoms with Gasteiger partial charge in [0, 0.05) is 31.3 Å². The van der Waals surface area contributed by atoms with E-state index in [0.717, 1.165) is 57.1 Å². The summed E-state index contributed by atoms with van der Waals surface area (Å²) >= 11 is 0. The Morgan fingerprint density at radius 1 is 1.06 bits per heavy atom. The maximum atomic E-state index is 14.0. The largest absolute Gasteiger partial charge is 0.502 e. The summed E-state index contributed by atoms with van der Waals surface area (Å²) in [7, 11) is 0. The molecule has 7 nitrogen and oxygen atoms in total. The molecule has 1 aromatic heterocycles. The molecular weight excluding hydrogens is 444 g/mol. The Balaban J connectivity index is 1.49. The van der Waals surface area contributed by atoms with Crippen molar-refractivity contribution in [2.45, 2.75) is 70.0 Å². The minimum absolute atomic E-state index is 0.0202. The van der Waals surface area contributed by atoms with Crippen LogP contribution < -0.4 is 10.4 Å². The number of fused-ring (bicyclic) bond motifs is 3. The van der Waals surface area contributed by atoms with Crippen molar-refractivity contribution in [3.8, 4) is 5.75 Å². The molecule has 2 aromatic rings. The van der Waals surface area contributed by atoms with E-state index in [0.29, 0.717) is 6.54 Å². The predicted octanol–water partition coefficient (Wildman–Crippen LogP) is 3.49. The van der Waals surface area contributed by atoms with Gasteiger partial charge in [-0.3, -0.25) is 24.1 Å². The maximum absolute atomic E-state index is 14.0. The number of nitrogens with zero attached hydrogens (tertiary/aromatic N) is 3. The van der Waals surface area contributed by atoms with Crippen molar-refractivity contribution in [1.29, 1.82) is 0 Å². The molecule has 34 heavy (non-hydrogen) atoms. The highest BCUT2D eigenvalue weighted by Crippen LogP contribution is 2.35. The van der Waals surface area contributed by atoms with Crippen LogP contribution in [-0.2, 0) is 6.42 Å². The number of rotatable bonds is 5. The molecule has 0 radical (unpaired) electrons. The summed E-state index contributed by atoms with van der Waals surface area (Å²) in [6.07, 6.45) is 7.48. The van der Waals surface area contributed by atoms with Gasteiger partial charge in [-0.1, -0.05) is 18.9 Å². The summed E-state index contributed by atoms with van der Waals surface area (Å²) in [6.45, 7) is 0.630. The number of hydrogen-bond donors (Lipinski definition) is 1. The number of ketones is 1. The number of amides is 1. The van der Waals surface area contributed by atoms with Gasteiger partial charge in [0.15, 0.2) is 17.2 Å². The van der Waals surface area contributed by atoms with E-state index >= 15 is 0 Å². The zero-order valence-electron chi connectivity index (χ0n) is 18.8. The molecule has 0 bridgehead atoms. The standard InChI is InChI=1S/C25H27F2N3O4/c26-16-10-8-15(19(27)13-16)9-11-20(31)18-14-29-22(24(33)23(18)32)25(34)30(17-5-1-2-6-17)21-7-3-4-12-28(21)29/h8,10,13-14,17,21,33H,1-7,9,11-12H2/t21-/m1/s1. The van der Waals surface area contributed by atoms with E-state index in [1.807, 2.05) is 9.91 Å². The van der Waals surface area contributed by atoms with Gasteiger partial charge < -0.3 is 10.0 Å². The van der Waals surface area contributed by atoms with E-state index in [2.05, 4.69) is 0 Å². The summed E-state index contributed by atoms with van der Waals surface area (Å²) < 4.78 is 28.6. The number of aryl methyl sites for hydroxylation is 1. The zero-order valence-corrected chi connectivity index (χ0v) is 18.8. The highest BCUT2D eigenvalue weighted by atomic mass is 19.1. The quantitative estimate of drug-likeness (QED) is 0.675. The number of hydrogen-bond acceptors (Lipinski definition) is 5. The van der Waals surface area contributed by atoms with Crippen molar-refractivity contribution in [3.05, 3.63) is 63.1 Å². The van der Waals surface area contributed by atoms with Gasteiger partial charge in [0.25, 0.3) is 5.91 Å². The number of carbonyl (C=O) groups is 2. The minimum Gasteiger partial charge on any atom is -0.502 e. The van der Waals surface area contributed by atoms with Crippen molar-refractivity contribution >= 4 is 11.7 Å². The van der Waals surface area contributed by atoms with Gasteiger partial charge in [-0.2, -0.15) is 0 Å². The van der Waals surface area contributed by atoms with E-state index in [-0.39, 0.29) is 47.8 Å². The second-order valence-electron chi connectivity index (χ2n) is 9.36. The first-order valence-corrected chi connectivity index (χ1v) is 11.9. The lowest BCUT2D eigenvalue weighted by atomic mass is 10.0. The van der Waals surface area contributed by atoms with Crippen molar-refractivity contribution in [3.63, 3.8) is 0 Å². The molecule has 1 saturated heterocycles. The van der Waals surface area contributed by atoms with Crippen LogP contribution in [0.5, 0.6) is 5.75 Å². The Morgan fingerprint density at radius 2 is 1.79 bits per heavy atom. The van der Waals surface area contributed by atoms with Crippen molar-refractivity contribution in [2.24, 2.45) is 0 Å². The summed E-state index contributed by atoms with van der Waals surface area (Å²) in [4.78, 5) is 41.2. The van der Waals surface area contributed by atoms with Crippen LogP contribution in [0.3, 0.4) is 0 Å². The van der Waals surface area contributed by atoms with E-state index in [1.165, 1.54) is 16.9 Å². The first-order valence-electron chi connectivity index (χ1n) is 11.9. The SMILES string of the molecule is O=C(CCc1ccc(F)cc1F)c1cn2c(c(O)c1=O)C(=O)N(C1CCCC1)[C@@H]1CCCCN12. The maximum Gasteiger partial charge on any atom is 0.278 e. The van der Waals surface area contributed by atoms with Crippen LogP contribution in [0.1, 0.15) is 77.8 Å². The van der Waals surface area contributed by atoms with Crippen LogP contribution in [0.25, 0.3) is 0 Å². The Labute approximate surface area is 195 Å².